The molecule has 1 aromatic heterocycles. The minimum Gasteiger partial charge on any atom is -0.352 e. The van der Waals surface area contributed by atoms with E-state index in [0.29, 0.717) is 6.04 Å². The average Bonchev–Trinajstić information content (AvgIpc) is 3.01. The zero-order valence-electron chi connectivity index (χ0n) is 10.5. The van der Waals surface area contributed by atoms with E-state index in [9.17, 15) is 0 Å². The van der Waals surface area contributed by atoms with Crippen LogP contribution in [0.3, 0.4) is 0 Å². The molecule has 3 rings (SSSR count). The van der Waals surface area contributed by atoms with Crippen molar-refractivity contribution in [3.63, 3.8) is 0 Å². The van der Waals surface area contributed by atoms with Crippen molar-refractivity contribution in [2.24, 2.45) is 0 Å². The highest BCUT2D eigenvalue weighted by atomic mass is 32.2. The molecule has 18 heavy (non-hydrogen) atoms. The van der Waals surface area contributed by atoms with Gasteiger partial charge in [0.25, 0.3) is 0 Å². The van der Waals surface area contributed by atoms with Gasteiger partial charge in [0.1, 0.15) is 0 Å². The summed E-state index contributed by atoms with van der Waals surface area (Å²) in [6, 6.07) is 10.9. The molecule has 2 heterocycles. The third kappa shape index (κ3) is 2.38. The van der Waals surface area contributed by atoms with Gasteiger partial charge in [-0.3, -0.25) is 4.57 Å². The highest BCUT2D eigenvalue weighted by Gasteiger charge is 2.17. The van der Waals surface area contributed by atoms with Gasteiger partial charge in [0.2, 0.25) is 5.95 Å². The lowest BCUT2D eigenvalue weighted by molar-refractivity contribution is 0.793. The van der Waals surface area contributed by atoms with Crippen molar-refractivity contribution in [3.8, 4) is 5.69 Å². The van der Waals surface area contributed by atoms with E-state index in [2.05, 4.69) is 45.3 Å². The summed E-state index contributed by atoms with van der Waals surface area (Å²) in [5, 5.41) is 3.56. The van der Waals surface area contributed by atoms with Crippen LogP contribution in [-0.4, -0.2) is 27.1 Å². The summed E-state index contributed by atoms with van der Waals surface area (Å²) >= 11 is 2.01. The Hall–Kier alpha value is -1.42. The normalized spacial score (nSPS) is 19.1. The summed E-state index contributed by atoms with van der Waals surface area (Å²) < 4.78 is 2.14. The Labute approximate surface area is 112 Å². The highest BCUT2D eigenvalue weighted by Crippen LogP contribution is 2.23. The number of nitrogens with zero attached hydrogens (tertiary/aromatic N) is 2. The number of nitrogens with one attached hydrogen (secondary N) is 1. The van der Waals surface area contributed by atoms with E-state index >= 15 is 0 Å². The molecule has 1 saturated heterocycles. The van der Waals surface area contributed by atoms with E-state index in [1.807, 2.05) is 24.8 Å². The number of rotatable bonds is 3. The van der Waals surface area contributed by atoms with Crippen LogP contribution in [0.25, 0.3) is 5.69 Å². The van der Waals surface area contributed by atoms with Crippen LogP contribution in [-0.2, 0) is 0 Å². The van der Waals surface area contributed by atoms with Gasteiger partial charge in [0, 0.05) is 23.7 Å². The monoisotopic (exact) mass is 259 g/mol. The molecular weight excluding hydrogens is 242 g/mol. The quantitative estimate of drug-likeness (QED) is 0.918. The Morgan fingerprint density at radius 2 is 2.17 bits per heavy atom. The Morgan fingerprint density at radius 1 is 1.33 bits per heavy atom. The predicted octanol–water partition coefficient (Wildman–Crippen LogP) is 3.10. The molecule has 2 aromatic rings. The number of aryl methyl sites for hydroxylation is 1. The van der Waals surface area contributed by atoms with Gasteiger partial charge in [-0.2, -0.15) is 11.8 Å². The first kappa shape index (κ1) is 11.7. The Balaban J connectivity index is 1.89. The first-order valence-electron chi connectivity index (χ1n) is 6.28. The van der Waals surface area contributed by atoms with Crippen molar-refractivity contribution in [3.05, 3.63) is 42.2 Å². The molecule has 1 N–H and O–H groups in total. The third-order valence-corrected chi connectivity index (χ3v) is 4.29. The molecule has 1 aliphatic rings. The third-order valence-electron chi connectivity index (χ3n) is 3.12. The van der Waals surface area contributed by atoms with Crippen LogP contribution in [0.5, 0.6) is 0 Å². The fourth-order valence-corrected chi connectivity index (χ4v) is 3.37. The van der Waals surface area contributed by atoms with Gasteiger partial charge in [-0.1, -0.05) is 18.2 Å². The van der Waals surface area contributed by atoms with Gasteiger partial charge in [-0.05, 0) is 31.2 Å². The lowest BCUT2D eigenvalue weighted by Crippen LogP contribution is -2.20. The molecule has 1 unspecified atom stereocenters. The summed E-state index contributed by atoms with van der Waals surface area (Å²) in [5.41, 5.74) is 2.21. The smallest absolute Gasteiger partial charge is 0.207 e. The van der Waals surface area contributed by atoms with E-state index in [-0.39, 0.29) is 0 Å². The number of aromatic nitrogens is 2. The van der Waals surface area contributed by atoms with Gasteiger partial charge in [0.05, 0.1) is 5.69 Å². The second-order valence-corrected chi connectivity index (χ2v) is 5.77. The molecule has 4 heteroatoms. The van der Waals surface area contributed by atoms with Gasteiger partial charge in [0.15, 0.2) is 0 Å². The fourth-order valence-electron chi connectivity index (χ4n) is 2.22. The van der Waals surface area contributed by atoms with Crippen LogP contribution in [0.1, 0.15) is 12.1 Å². The molecule has 1 atom stereocenters. The van der Waals surface area contributed by atoms with Gasteiger partial charge in [-0.15, -0.1) is 0 Å². The van der Waals surface area contributed by atoms with Crippen molar-refractivity contribution in [2.45, 2.75) is 19.4 Å². The highest BCUT2D eigenvalue weighted by molar-refractivity contribution is 7.99. The fraction of sp³-hybridized carbons (Fsp3) is 0.357. The molecule has 0 bridgehead atoms. The molecule has 0 spiro atoms. The van der Waals surface area contributed by atoms with Crippen molar-refractivity contribution < 1.29 is 0 Å². The van der Waals surface area contributed by atoms with Crippen molar-refractivity contribution in [1.29, 1.82) is 0 Å². The molecule has 1 aliphatic heterocycles. The maximum Gasteiger partial charge on any atom is 0.207 e. The number of imidazole rings is 1. The number of para-hydroxylation sites is 1. The zero-order valence-corrected chi connectivity index (χ0v) is 11.3. The Kier molecular flexibility index (Phi) is 3.28. The van der Waals surface area contributed by atoms with Crippen LogP contribution >= 0.6 is 11.8 Å². The maximum atomic E-state index is 4.59. The average molecular weight is 259 g/mol. The largest absolute Gasteiger partial charge is 0.352 e. The molecule has 1 aromatic carbocycles. The molecular formula is C14H17N3S. The number of thioether (sulfide) groups is 1. The standard InChI is InChI=1S/C14H17N3S/c1-11-9-17(13-5-3-2-4-6-13)14(15-11)16-12-7-8-18-10-12/h2-6,9,12H,7-8,10H2,1H3,(H,15,16). The van der Waals surface area contributed by atoms with E-state index in [1.54, 1.807) is 0 Å². The summed E-state index contributed by atoms with van der Waals surface area (Å²) in [4.78, 5) is 4.59. The van der Waals surface area contributed by atoms with Crippen molar-refractivity contribution in [1.82, 2.24) is 9.55 Å². The van der Waals surface area contributed by atoms with Gasteiger partial charge < -0.3 is 5.32 Å². The minimum absolute atomic E-state index is 0.555. The van der Waals surface area contributed by atoms with E-state index in [4.69, 9.17) is 0 Å². The van der Waals surface area contributed by atoms with E-state index in [1.165, 1.54) is 17.9 Å². The Morgan fingerprint density at radius 3 is 2.89 bits per heavy atom. The molecule has 0 radical (unpaired) electrons. The molecule has 0 saturated carbocycles. The topological polar surface area (TPSA) is 29.9 Å². The zero-order chi connectivity index (χ0) is 12.4. The first-order valence-corrected chi connectivity index (χ1v) is 7.44. The van der Waals surface area contributed by atoms with E-state index in [0.717, 1.165) is 17.3 Å². The second-order valence-electron chi connectivity index (χ2n) is 4.62. The van der Waals surface area contributed by atoms with Crippen LogP contribution in [0, 0.1) is 6.92 Å². The number of hydrogen-bond acceptors (Lipinski definition) is 3. The van der Waals surface area contributed by atoms with Crippen LogP contribution in [0.15, 0.2) is 36.5 Å². The second kappa shape index (κ2) is 5.06. The van der Waals surface area contributed by atoms with Crippen LogP contribution < -0.4 is 5.32 Å². The predicted molar refractivity (Wildman–Crippen MR) is 77.7 cm³/mol. The summed E-state index contributed by atoms with van der Waals surface area (Å²) in [7, 11) is 0. The minimum atomic E-state index is 0.555. The summed E-state index contributed by atoms with van der Waals surface area (Å²) in [5.74, 6) is 3.40. The molecule has 3 nitrogen and oxygen atoms in total. The molecule has 94 valence electrons. The maximum absolute atomic E-state index is 4.59. The molecule has 1 fully saturated rings. The molecule has 0 aliphatic carbocycles. The Bertz CT molecular complexity index is 515. The first-order chi connectivity index (χ1) is 8.83. The lowest BCUT2D eigenvalue weighted by Gasteiger charge is -2.14. The molecule has 0 amide bonds. The van der Waals surface area contributed by atoms with Gasteiger partial charge >= 0.3 is 0 Å². The SMILES string of the molecule is Cc1cn(-c2ccccc2)c(NC2CCSC2)n1. The number of hydrogen-bond donors (Lipinski definition) is 1. The summed E-state index contributed by atoms with van der Waals surface area (Å²) in [6.07, 6.45) is 3.31. The van der Waals surface area contributed by atoms with Crippen molar-refractivity contribution >= 4 is 17.7 Å². The van der Waals surface area contributed by atoms with Gasteiger partial charge in [-0.25, -0.2) is 4.98 Å². The van der Waals surface area contributed by atoms with Crippen LogP contribution in [0.4, 0.5) is 5.95 Å². The van der Waals surface area contributed by atoms with E-state index < -0.39 is 0 Å². The lowest BCUT2D eigenvalue weighted by atomic mass is 10.3. The van der Waals surface area contributed by atoms with Crippen molar-refractivity contribution in [2.75, 3.05) is 16.8 Å². The van der Waals surface area contributed by atoms with Crippen LogP contribution in [0.2, 0.25) is 0 Å². The number of benzene rings is 1. The summed E-state index contributed by atoms with van der Waals surface area (Å²) in [6.45, 7) is 2.04. The number of anilines is 1.